The van der Waals surface area contributed by atoms with Crippen LogP contribution in [0, 0.1) is 0 Å². The number of carboxylic acids is 1. The topological polar surface area (TPSA) is 131 Å². The monoisotopic (exact) mass is 686 g/mol. The first kappa shape index (κ1) is 35.9. The van der Waals surface area contributed by atoms with Gasteiger partial charge in [0.05, 0.1) is 25.7 Å². The number of anilines is 1. The Balaban J connectivity index is 1.11. The van der Waals surface area contributed by atoms with Crippen LogP contribution in [0.5, 0.6) is 17.2 Å². The van der Waals surface area contributed by atoms with E-state index in [4.69, 9.17) is 14.2 Å². The summed E-state index contributed by atoms with van der Waals surface area (Å²) in [5, 5.41) is 12.3. The minimum Gasteiger partial charge on any atom is -0.497 e. The maximum absolute atomic E-state index is 13.3. The van der Waals surface area contributed by atoms with Crippen molar-refractivity contribution in [2.24, 2.45) is 0 Å². The Morgan fingerprint density at radius 3 is 1.92 bits per heavy atom. The van der Waals surface area contributed by atoms with E-state index < -0.39 is 24.4 Å². The molecule has 0 spiro atoms. The van der Waals surface area contributed by atoms with Gasteiger partial charge in [0, 0.05) is 17.8 Å². The molecule has 2 amide bonds. The normalized spacial score (nSPS) is 10.5. The fraction of sp³-hybridized carbons (Fsp3) is 0.171. The number of esters is 1. The van der Waals surface area contributed by atoms with Gasteiger partial charge in [-0.3, -0.25) is 14.4 Å². The molecular weight excluding hydrogens is 648 g/mol. The molecule has 2 N–H and O–H groups in total. The Bertz CT molecular complexity index is 1910. The summed E-state index contributed by atoms with van der Waals surface area (Å²) in [6.07, 6.45) is 1.95. The molecule has 0 aromatic heterocycles. The third-order valence-corrected chi connectivity index (χ3v) is 7.87. The van der Waals surface area contributed by atoms with Crippen molar-refractivity contribution in [3.8, 4) is 17.2 Å². The van der Waals surface area contributed by atoms with Crippen LogP contribution in [0.2, 0.25) is 0 Å². The zero-order valence-electron chi connectivity index (χ0n) is 28.1. The van der Waals surface area contributed by atoms with Crippen LogP contribution in [-0.2, 0) is 29.0 Å². The molecule has 0 atom stereocenters. The lowest BCUT2D eigenvalue weighted by molar-refractivity contribution is -0.137. The number of hydrogen-bond donors (Lipinski definition) is 2. The van der Waals surface area contributed by atoms with E-state index in [0.717, 1.165) is 18.4 Å². The SMILES string of the molecule is COc1ccc(CC(=O)Nc2ccc(C(=O)N(CC(=O)O)Cc3ccc(OC(=O)c4ccc(OCCCc5ccccc5)cc4)cc3)cc2)cc1. The van der Waals surface area contributed by atoms with Gasteiger partial charge in [0.1, 0.15) is 23.8 Å². The molecule has 10 heteroatoms. The Labute approximate surface area is 296 Å². The summed E-state index contributed by atoms with van der Waals surface area (Å²) < 4.78 is 16.5. The van der Waals surface area contributed by atoms with Gasteiger partial charge in [-0.1, -0.05) is 54.6 Å². The van der Waals surface area contributed by atoms with Crippen molar-refractivity contribution in [2.75, 3.05) is 25.6 Å². The predicted octanol–water partition coefficient (Wildman–Crippen LogP) is 6.83. The maximum atomic E-state index is 13.3. The van der Waals surface area contributed by atoms with Gasteiger partial charge >= 0.3 is 11.9 Å². The molecule has 0 radical (unpaired) electrons. The minimum atomic E-state index is -1.17. The quantitative estimate of drug-likeness (QED) is 0.0656. The predicted molar refractivity (Wildman–Crippen MR) is 192 cm³/mol. The van der Waals surface area contributed by atoms with Crippen LogP contribution >= 0.6 is 0 Å². The van der Waals surface area contributed by atoms with Gasteiger partial charge in [0.15, 0.2) is 0 Å². The highest BCUT2D eigenvalue weighted by atomic mass is 16.5. The van der Waals surface area contributed by atoms with Gasteiger partial charge in [-0.15, -0.1) is 0 Å². The van der Waals surface area contributed by atoms with Crippen molar-refractivity contribution in [3.63, 3.8) is 0 Å². The third-order valence-electron chi connectivity index (χ3n) is 7.87. The first-order valence-electron chi connectivity index (χ1n) is 16.4. The molecule has 0 bridgehead atoms. The molecule has 5 aromatic carbocycles. The smallest absolute Gasteiger partial charge is 0.343 e. The van der Waals surface area contributed by atoms with Crippen molar-refractivity contribution >= 4 is 29.4 Å². The number of carboxylic acid groups (broad SMARTS) is 1. The van der Waals surface area contributed by atoms with Crippen molar-refractivity contribution in [1.82, 2.24) is 4.90 Å². The number of carbonyl (C=O) groups is 4. The van der Waals surface area contributed by atoms with E-state index in [2.05, 4.69) is 17.4 Å². The second-order valence-corrected chi connectivity index (χ2v) is 11.7. The highest BCUT2D eigenvalue weighted by Crippen LogP contribution is 2.20. The summed E-state index contributed by atoms with van der Waals surface area (Å²) in [5.41, 5.74) is 3.83. The minimum absolute atomic E-state index is 0.00647. The largest absolute Gasteiger partial charge is 0.497 e. The molecule has 5 rings (SSSR count). The van der Waals surface area contributed by atoms with E-state index in [9.17, 15) is 24.3 Å². The van der Waals surface area contributed by atoms with E-state index >= 15 is 0 Å². The van der Waals surface area contributed by atoms with Crippen LogP contribution in [0.3, 0.4) is 0 Å². The van der Waals surface area contributed by atoms with Crippen molar-refractivity contribution in [2.45, 2.75) is 25.8 Å². The van der Waals surface area contributed by atoms with Crippen LogP contribution in [0.4, 0.5) is 5.69 Å². The molecule has 0 saturated heterocycles. The molecule has 5 aromatic rings. The number of ether oxygens (including phenoxy) is 3. The average molecular weight is 687 g/mol. The second-order valence-electron chi connectivity index (χ2n) is 11.7. The van der Waals surface area contributed by atoms with E-state index in [1.807, 2.05) is 30.3 Å². The Morgan fingerprint density at radius 2 is 1.27 bits per heavy atom. The molecule has 0 aliphatic heterocycles. The number of amides is 2. The van der Waals surface area contributed by atoms with Gasteiger partial charge in [0.25, 0.3) is 5.91 Å². The number of nitrogens with one attached hydrogen (secondary N) is 1. The molecule has 260 valence electrons. The second kappa shape index (κ2) is 17.8. The molecule has 0 aliphatic carbocycles. The van der Waals surface area contributed by atoms with Gasteiger partial charge in [-0.2, -0.15) is 0 Å². The van der Waals surface area contributed by atoms with Crippen LogP contribution in [0.1, 0.15) is 43.8 Å². The third kappa shape index (κ3) is 11.0. The lowest BCUT2D eigenvalue weighted by atomic mass is 10.1. The zero-order chi connectivity index (χ0) is 36.0. The Morgan fingerprint density at radius 1 is 0.667 bits per heavy atom. The summed E-state index contributed by atoms with van der Waals surface area (Å²) >= 11 is 0. The number of rotatable bonds is 16. The van der Waals surface area contributed by atoms with Gasteiger partial charge in [0.2, 0.25) is 5.91 Å². The van der Waals surface area contributed by atoms with Crippen LogP contribution in [-0.4, -0.2) is 54.0 Å². The van der Waals surface area contributed by atoms with E-state index in [1.165, 1.54) is 22.6 Å². The lowest BCUT2D eigenvalue weighted by Gasteiger charge is -2.21. The van der Waals surface area contributed by atoms with Crippen LogP contribution in [0.25, 0.3) is 0 Å². The average Bonchev–Trinajstić information content (AvgIpc) is 3.14. The molecule has 0 fully saturated rings. The number of methoxy groups -OCH3 is 1. The highest BCUT2D eigenvalue weighted by Gasteiger charge is 2.20. The molecule has 0 saturated carbocycles. The fourth-order valence-electron chi connectivity index (χ4n) is 5.22. The van der Waals surface area contributed by atoms with Gasteiger partial charge < -0.3 is 29.5 Å². The number of hydrogen-bond acceptors (Lipinski definition) is 7. The summed E-state index contributed by atoms with van der Waals surface area (Å²) in [6, 6.07) is 36.9. The molecule has 51 heavy (non-hydrogen) atoms. The summed E-state index contributed by atoms with van der Waals surface area (Å²) in [5.74, 6) is -0.772. The zero-order valence-corrected chi connectivity index (χ0v) is 28.1. The molecule has 0 aliphatic rings. The number of aliphatic carboxylic acids is 1. The molecule has 0 heterocycles. The summed E-state index contributed by atoms with van der Waals surface area (Å²) in [7, 11) is 1.57. The number of carbonyl (C=O) groups excluding carboxylic acids is 3. The van der Waals surface area contributed by atoms with E-state index in [0.29, 0.717) is 40.7 Å². The molecule has 0 unspecified atom stereocenters. The number of nitrogens with zero attached hydrogens (tertiary/aromatic N) is 1. The van der Waals surface area contributed by atoms with Crippen molar-refractivity contribution in [1.29, 1.82) is 0 Å². The molecule has 10 nitrogen and oxygen atoms in total. The summed E-state index contributed by atoms with van der Waals surface area (Å²) in [4.78, 5) is 51.4. The highest BCUT2D eigenvalue weighted by molar-refractivity contribution is 5.97. The Hall–Kier alpha value is -6.42. The summed E-state index contributed by atoms with van der Waals surface area (Å²) in [6.45, 7) is 0.0360. The first-order valence-corrected chi connectivity index (χ1v) is 16.4. The van der Waals surface area contributed by atoms with Gasteiger partial charge in [-0.05, 0) is 102 Å². The number of benzene rings is 5. The maximum Gasteiger partial charge on any atom is 0.343 e. The lowest BCUT2D eigenvalue weighted by Crippen LogP contribution is -2.35. The van der Waals surface area contributed by atoms with Crippen LogP contribution < -0.4 is 19.5 Å². The van der Waals surface area contributed by atoms with Crippen molar-refractivity contribution in [3.05, 3.63) is 155 Å². The van der Waals surface area contributed by atoms with Crippen molar-refractivity contribution < 1.29 is 38.5 Å². The fourth-order valence-corrected chi connectivity index (χ4v) is 5.22. The van der Waals surface area contributed by atoms with E-state index in [-0.39, 0.29) is 24.4 Å². The molecular formula is C41H38N2O8. The Kier molecular flexibility index (Phi) is 12.5. The van der Waals surface area contributed by atoms with Gasteiger partial charge in [-0.25, -0.2) is 4.79 Å². The standard InChI is InChI=1S/C41H38N2O8/c1-49-35-19-9-30(10-20-35)26-38(44)42-34-17-13-32(14-18-34)40(47)43(28-39(45)46)27-31-11-21-37(22-12-31)51-41(48)33-15-23-36(24-16-33)50-25-5-8-29-6-3-2-4-7-29/h2-4,6-7,9-24H,5,8,25-28H2,1H3,(H,42,44)(H,45,46). The number of aryl methyl sites for hydroxylation is 1. The van der Waals surface area contributed by atoms with E-state index in [1.54, 1.807) is 79.9 Å². The van der Waals surface area contributed by atoms with Crippen LogP contribution in [0.15, 0.2) is 127 Å². The first-order chi connectivity index (χ1) is 24.7.